The van der Waals surface area contributed by atoms with Gasteiger partial charge in [0.15, 0.2) is 0 Å². The lowest BCUT2D eigenvalue weighted by molar-refractivity contribution is -0.141. The molecule has 2 heterocycles. The van der Waals surface area contributed by atoms with E-state index in [-0.39, 0.29) is 17.9 Å². The number of carbonyl (C=O) groups excluding carboxylic acids is 2. The summed E-state index contributed by atoms with van der Waals surface area (Å²) < 4.78 is 0. The third kappa shape index (κ3) is 2.50. The molecule has 2 saturated heterocycles. The van der Waals surface area contributed by atoms with Gasteiger partial charge in [0.1, 0.15) is 0 Å². The molecule has 3 amide bonds. The first-order valence-electron chi connectivity index (χ1n) is 8.01. The van der Waals surface area contributed by atoms with Crippen LogP contribution in [0.15, 0.2) is 0 Å². The molecule has 1 aliphatic carbocycles. The molecule has 0 aromatic carbocycles. The predicted octanol–water partition coefficient (Wildman–Crippen LogP) is 1.57. The summed E-state index contributed by atoms with van der Waals surface area (Å²) in [6, 6.07) is 0.0834. The molecule has 2 aliphatic heterocycles. The van der Waals surface area contributed by atoms with Gasteiger partial charge in [-0.05, 0) is 44.4 Å². The van der Waals surface area contributed by atoms with Gasteiger partial charge in [0, 0.05) is 25.7 Å². The van der Waals surface area contributed by atoms with Crippen molar-refractivity contribution < 1.29 is 9.59 Å². The number of nitrogens with zero attached hydrogens (tertiary/aromatic N) is 2. The molecule has 0 aromatic rings. The summed E-state index contributed by atoms with van der Waals surface area (Å²) in [6.45, 7) is 2.13. The Morgan fingerprint density at radius 3 is 2.50 bits per heavy atom. The zero-order valence-corrected chi connectivity index (χ0v) is 12.1. The average Bonchev–Trinajstić information content (AvgIpc) is 2.95. The van der Waals surface area contributed by atoms with E-state index in [1.165, 1.54) is 25.7 Å². The van der Waals surface area contributed by atoms with Gasteiger partial charge in [-0.15, -0.1) is 0 Å². The zero-order valence-electron chi connectivity index (χ0n) is 12.1. The van der Waals surface area contributed by atoms with Crippen LogP contribution in [0, 0.1) is 11.8 Å². The summed E-state index contributed by atoms with van der Waals surface area (Å²) in [5.74, 6) is 0.965. The summed E-state index contributed by atoms with van der Waals surface area (Å²) in [5.41, 5.74) is 5.36. The number of amides is 3. The number of hydrogen-bond donors (Lipinski definition) is 1. The van der Waals surface area contributed by atoms with Crippen LogP contribution in [-0.2, 0) is 4.79 Å². The van der Waals surface area contributed by atoms with Crippen LogP contribution >= 0.6 is 0 Å². The van der Waals surface area contributed by atoms with Crippen molar-refractivity contribution in [1.82, 2.24) is 9.80 Å². The number of carbonyl (C=O) groups is 2. The maximum atomic E-state index is 12.8. The average molecular weight is 279 g/mol. The molecule has 0 bridgehead atoms. The third-order valence-corrected chi connectivity index (χ3v) is 5.36. The van der Waals surface area contributed by atoms with E-state index < -0.39 is 0 Å². The summed E-state index contributed by atoms with van der Waals surface area (Å²) in [6.07, 6.45) is 7.93. The Morgan fingerprint density at radius 2 is 1.70 bits per heavy atom. The van der Waals surface area contributed by atoms with Crippen LogP contribution in [-0.4, -0.2) is 47.4 Å². The summed E-state index contributed by atoms with van der Waals surface area (Å²) in [5, 5.41) is 0. The first kappa shape index (κ1) is 13.7. The van der Waals surface area contributed by atoms with Crippen molar-refractivity contribution in [2.24, 2.45) is 17.6 Å². The fraction of sp³-hybridized carbons (Fsp3) is 0.867. The molecule has 112 valence electrons. The third-order valence-electron chi connectivity index (χ3n) is 5.36. The SMILES string of the molecule is NC(=O)N1CCCC(C(=O)N2CCCC3CCCC32)C1. The molecule has 0 spiro atoms. The lowest BCUT2D eigenvalue weighted by Gasteiger charge is -2.41. The van der Waals surface area contributed by atoms with Gasteiger partial charge >= 0.3 is 6.03 Å². The molecule has 3 aliphatic rings. The highest BCUT2D eigenvalue weighted by Gasteiger charge is 2.40. The summed E-state index contributed by atoms with van der Waals surface area (Å²) >= 11 is 0. The number of hydrogen-bond acceptors (Lipinski definition) is 2. The predicted molar refractivity (Wildman–Crippen MR) is 76.0 cm³/mol. The van der Waals surface area contributed by atoms with E-state index in [1.807, 2.05) is 0 Å². The molecule has 0 radical (unpaired) electrons. The van der Waals surface area contributed by atoms with E-state index in [1.54, 1.807) is 4.90 Å². The molecule has 3 atom stereocenters. The van der Waals surface area contributed by atoms with E-state index in [0.717, 1.165) is 31.7 Å². The van der Waals surface area contributed by atoms with Crippen LogP contribution in [0.25, 0.3) is 0 Å². The fourth-order valence-electron chi connectivity index (χ4n) is 4.34. The van der Waals surface area contributed by atoms with Crippen LogP contribution < -0.4 is 5.73 Å². The first-order chi connectivity index (χ1) is 9.66. The molecular weight excluding hydrogens is 254 g/mol. The van der Waals surface area contributed by atoms with Gasteiger partial charge in [0.05, 0.1) is 5.92 Å². The highest BCUT2D eigenvalue weighted by atomic mass is 16.2. The Balaban J connectivity index is 1.66. The lowest BCUT2D eigenvalue weighted by atomic mass is 9.89. The molecule has 5 heteroatoms. The Hall–Kier alpha value is -1.26. The van der Waals surface area contributed by atoms with E-state index in [4.69, 9.17) is 5.73 Å². The van der Waals surface area contributed by atoms with Crippen LogP contribution in [0.5, 0.6) is 0 Å². The zero-order chi connectivity index (χ0) is 14.1. The standard InChI is InChI=1S/C15H25N3O2/c16-15(20)17-8-2-6-12(10-17)14(19)18-9-3-5-11-4-1-7-13(11)18/h11-13H,1-10H2,(H2,16,20). The van der Waals surface area contributed by atoms with E-state index in [2.05, 4.69) is 4.90 Å². The molecule has 5 nitrogen and oxygen atoms in total. The van der Waals surface area contributed by atoms with Crippen molar-refractivity contribution in [1.29, 1.82) is 0 Å². The number of fused-ring (bicyclic) bond motifs is 1. The minimum Gasteiger partial charge on any atom is -0.351 e. The van der Waals surface area contributed by atoms with Gasteiger partial charge in [-0.1, -0.05) is 6.42 Å². The molecule has 1 saturated carbocycles. The number of likely N-dealkylation sites (tertiary alicyclic amines) is 2. The van der Waals surface area contributed by atoms with Gasteiger partial charge in [0.2, 0.25) is 5.91 Å². The molecule has 3 fully saturated rings. The van der Waals surface area contributed by atoms with Gasteiger partial charge in [-0.3, -0.25) is 4.79 Å². The molecule has 20 heavy (non-hydrogen) atoms. The van der Waals surface area contributed by atoms with Crippen molar-refractivity contribution in [2.75, 3.05) is 19.6 Å². The summed E-state index contributed by atoms with van der Waals surface area (Å²) in [7, 11) is 0. The number of primary amides is 1. The van der Waals surface area contributed by atoms with Crippen molar-refractivity contribution in [3.63, 3.8) is 0 Å². The number of piperidine rings is 2. The maximum absolute atomic E-state index is 12.8. The first-order valence-corrected chi connectivity index (χ1v) is 8.01. The fourth-order valence-corrected chi connectivity index (χ4v) is 4.34. The minimum atomic E-state index is -0.389. The highest BCUT2D eigenvalue weighted by molar-refractivity contribution is 5.81. The second-order valence-electron chi connectivity index (χ2n) is 6.56. The van der Waals surface area contributed by atoms with Gasteiger partial charge in [0.25, 0.3) is 0 Å². The van der Waals surface area contributed by atoms with E-state index >= 15 is 0 Å². The number of nitrogens with two attached hydrogens (primary N) is 1. The van der Waals surface area contributed by atoms with Crippen molar-refractivity contribution in [3.05, 3.63) is 0 Å². The number of urea groups is 1. The number of rotatable bonds is 1. The van der Waals surface area contributed by atoms with Gasteiger partial charge < -0.3 is 15.5 Å². The quantitative estimate of drug-likeness (QED) is 0.791. The summed E-state index contributed by atoms with van der Waals surface area (Å²) in [4.78, 5) is 27.9. The Kier molecular flexibility index (Phi) is 3.85. The molecule has 3 unspecified atom stereocenters. The van der Waals surface area contributed by atoms with Crippen molar-refractivity contribution >= 4 is 11.9 Å². The topological polar surface area (TPSA) is 66.6 Å². The Labute approximate surface area is 120 Å². The van der Waals surface area contributed by atoms with Crippen molar-refractivity contribution in [3.8, 4) is 0 Å². The molecule has 0 aromatic heterocycles. The van der Waals surface area contributed by atoms with Crippen molar-refractivity contribution in [2.45, 2.75) is 51.0 Å². The second kappa shape index (κ2) is 5.62. The monoisotopic (exact) mass is 279 g/mol. The Bertz CT molecular complexity index is 399. The van der Waals surface area contributed by atoms with Crippen LogP contribution in [0.3, 0.4) is 0 Å². The normalized spacial score (nSPS) is 33.9. The highest BCUT2D eigenvalue weighted by Crippen LogP contribution is 2.37. The Morgan fingerprint density at radius 1 is 0.950 bits per heavy atom. The second-order valence-corrected chi connectivity index (χ2v) is 6.56. The molecular formula is C15H25N3O2. The minimum absolute atomic E-state index is 0.0319. The lowest BCUT2D eigenvalue weighted by Crippen LogP contribution is -2.52. The largest absolute Gasteiger partial charge is 0.351 e. The smallest absolute Gasteiger partial charge is 0.314 e. The van der Waals surface area contributed by atoms with Gasteiger partial charge in [-0.25, -0.2) is 4.79 Å². The van der Waals surface area contributed by atoms with Crippen LogP contribution in [0.1, 0.15) is 44.9 Å². The van der Waals surface area contributed by atoms with E-state index in [9.17, 15) is 9.59 Å². The van der Waals surface area contributed by atoms with Crippen LogP contribution in [0.2, 0.25) is 0 Å². The molecule has 3 rings (SSSR count). The maximum Gasteiger partial charge on any atom is 0.314 e. The van der Waals surface area contributed by atoms with Gasteiger partial charge in [-0.2, -0.15) is 0 Å². The van der Waals surface area contributed by atoms with E-state index in [0.29, 0.717) is 19.1 Å². The van der Waals surface area contributed by atoms with Crippen LogP contribution in [0.4, 0.5) is 4.79 Å². The molecule has 2 N–H and O–H groups in total.